The third kappa shape index (κ3) is 4.82. The first-order chi connectivity index (χ1) is 8.93. The van der Waals surface area contributed by atoms with E-state index in [4.69, 9.17) is 0 Å². The topological polar surface area (TPSA) is 17.1 Å². The molecule has 0 spiro atoms. The Labute approximate surface area is 114 Å². The van der Waals surface area contributed by atoms with Gasteiger partial charge >= 0.3 is 0 Å². The Balaban J connectivity index is 3.14. The van der Waals surface area contributed by atoms with Gasteiger partial charge in [-0.1, -0.05) is 23.8 Å². The van der Waals surface area contributed by atoms with Gasteiger partial charge in [-0.2, -0.15) is 0 Å². The SMILES string of the molecule is CC(C)=CCC(/C=C(\C)C=O)c1ccc(F)cc1C. The van der Waals surface area contributed by atoms with Gasteiger partial charge in [0.15, 0.2) is 0 Å². The largest absolute Gasteiger partial charge is 0.298 e. The number of allylic oxidation sites excluding steroid dienone is 4. The van der Waals surface area contributed by atoms with E-state index in [2.05, 4.69) is 6.08 Å². The molecular formula is C17H21FO. The Bertz CT molecular complexity index is 508. The minimum absolute atomic E-state index is 0.112. The normalized spacial score (nSPS) is 13.0. The smallest absolute Gasteiger partial charge is 0.145 e. The summed E-state index contributed by atoms with van der Waals surface area (Å²) in [6.45, 7) is 7.79. The van der Waals surface area contributed by atoms with Crippen LogP contribution in [0.5, 0.6) is 0 Å². The second-order valence-corrected chi connectivity index (χ2v) is 5.15. The third-order valence-electron chi connectivity index (χ3n) is 3.06. The van der Waals surface area contributed by atoms with Crippen LogP contribution < -0.4 is 0 Å². The van der Waals surface area contributed by atoms with Gasteiger partial charge < -0.3 is 0 Å². The number of hydrogen-bond acceptors (Lipinski definition) is 1. The summed E-state index contributed by atoms with van der Waals surface area (Å²) in [6, 6.07) is 4.82. The molecule has 0 aromatic heterocycles. The van der Waals surface area contributed by atoms with Gasteiger partial charge in [-0.3, -0.25) is 4.79 Å². The fourth-order valence-electron chi connectivity index (χ4n) is 2.06. The highest BCUT2D eigenvalue weighted by Crippen LogP contribution is 2.27. The quantitative estimate of drug-likeness (QED) is 0.425. The summed E-state index contributed by atoms with van der Waals surface area (Å²) in [6.07, 6.45) is 5.77. The van der Waals surface area contributed by atoms with Crippen molar-refractivity contribution in [2.24, 2.45) is 0 Å². The van der Waals surface area contributed by atoms with E-state index in [1.165, 1.54) is 17.7 Å². The number of halogens is 1. The molecule has 1 aromatic carbocycles. The standard InChI is InChI=1S/C17H21FO/c1-12(2)5-6-15(9-13(3)11-19)17-8-7-16(18)10-14(17)4/h5,7-11,15H,6H2,1-4H3/b13-9+. The molecule has 0 saturated heterocycles. The second-order valence-electron chi connectivity index (χ2n) is 5.15. The first-order valence-corrected chi connectivity index (χ1v) is 6.47. The maximum absolute atomic E-state index is 13.2. The first-order valence-electron chi connectivity index (χ1n) is 6.47. The summed E-state index contributed by atoms with van der Waals surface area (Å²) in [5.41, 5.74) is 3.93. The Morgan fingerprint density at radius 2 is 2.00 bits per heavy atom. The van der Waals surface area contributed by atoms with E-state index in [0.717, 1.165) is 23.8 Å². The zero-order valence-electron chi connectivity index (χ0n) is 12.0. The van der Waals surface area contributed by atoms with Gasteiger partial charge in [0.1, 0.15) is 12.1 Å². The number of carbonyl (C=O) groups excluding carboxylic acids is 1. The monoisotopic (exact) mass is 260 g/mol. The van der Waals surface area contributed by atoms with E-state index in [1.54, 1.807) is 6.92 Å². The number of rotatable bonds is 5. The Morgan fingerprint density at radius 1 is 1.32 bits per heavy atom. The molecule has 0 heterocycles. The van der Waals surface area contributed by atoms with Gasteiger partial charge in [-0.15, -0.1) is 0 Å². The van der Waals surface area contributed by atoms with E-state index < -0.39 is 0 Å². The van der Waals surface area contributed by atoms with Crippen LogP contribution in [0.1, 0.15) is 44.2 Å². The predicted molar refractivity (Wildman–Crippen MR) is 77.7 cm³/mol. The van der Waals surface area contributed by atoms with Crippen LogP contribution in [0.2, 0.25) is 0 Å². The molecule has 1 aromatic rings. The lowest BCUT2D eigenvalue weighted by molar-refractivity contribution is -0.104. The van der Waals surface area contributed by atoms with Crippen LogP contribution >= 0.6 is 0 Å². The molecule has 1 nitrogen and oxygen atoms in total. The van der Waals surface area contributed by atoms with Crippen LogP contribution in [-0.4, -0.2) is 6.29 Å². The van der Waals surface area contributed by atoms with E-state index in [-0.39, 0.29) is 11.7 Å². The summed E-state index contributed by atoms with van der Waals surface area (Å²) in [4.78, 5) is 10.8. The molecule has 1 rings (SSSR count). The van der Waals surface area contributed by atoms with Crippen LogP contribution in [0.15, 0.2) is 41.5 Å². The lowest BCUT2D eigenvalue weighted by Crippen LogP contribution is -2.00. The van der Waals surface area contributed by atoms with Crippen molar-refractivity contribution in [2.75, 3.05) is 0 Å². The van der Waals surface area contributed by atoms with Gasteiger partial charge in [0.2, 0.25) is 0 Å². The molecule has 0 aliphatic carbocycles. The Kier molecular flexibility index (Phi) is 5.68. The van der Waals surface area contributed by atoms with Crippen molar-refractivity contribution in [1.29, 1.82) is 0 Å². The molecule has 102 valence electrons. The van der Waals surface area contributed by atoms with Gasteiger partial charge in [0.05, 0.1) is 0 Å². The molecule has 0 fully saturated rings. The van der Waals surface area contributed by atoms with Crippen molar-refractivity contribution in [1.82, 2.24) is 0 Å². The van der Waals surface area contributed by atoms with Gasteiger partial charge in [-0.05, 0) is 62.9 Å². The maximum atomic E-state index is 13.2. The summed E-state index contributed by atoms with van der Waals surface area (Å²) >= 11 is 0. The second kappa shape index (κ2) is 7.03. The van der Waals surface area contributed by atoms with Gasteiger partial charge in [0.25, 0.3) is 0 Å². The van der Waals surface area contributed by atoms with Crippen LogP contribution in [0.25, 0.3) is 0 Å². The first kappa shape index (κ1) is 15.4. The fraction of sp³-hybridized carbons (Fsp3) is 0.353. The molecule has 0 amide bonds. The van der Waals surface area contributed by atoms with E-state index >= 15 is 0 Å². The van der Waals surface area contributed by atoms with E-state index in [1.807, 2.05) is 32.9 Å². The van der Waals surface area contributed by atoms with Gasteiger partial charge in [0, 0.05) is 5.92 Å². The molecule has 0 bridgehead atoms. The average molecular weight is 260 g/mol. The number of carbonyl (C=O) groups is 1. The van der Waals surface area contributed by atoms with E-state index in [9.17, 15) is 9.18 Å². The minimum Gasteiger partial charge on any atom is -0.298 e. The summed E-state index contributed by atoms with van der Waals surface area (Å²) < 4.78 is 13.2. The Hall–Kier alpha value is -1.70. The number of aldehydes is 1. The minimum atomic E-state index is -0.224. The number of aryl methyl sites for hydroxylation is 1. The molecule has 0 radical (unpaired) electrons. The summed E-state index contributed by atoms with van der Waals surface area (Å²) in [5, 5.41) is 0. The van der Waals surface area contributed by atoms with Crippen LogP contribution in [0.4, 0.5) is 4.39 Å². The van der Waals surface area contributed by atoms with Crippen molar-refractivity contribution in [3.8, 4) is 0 Å². The molecule has 0 aliphatic rings. The molecule has 19 heavy (non-hydrogen) atoms. The Morgan fingerprint density at radius 3 is 2.53 bits per heavy atom. The number of hydrogen-bond donors (Lipinski definition) is 0. The molecule has 0 saturated carbocycles. The van der Waals surface area contributed by atoms with Crippen molar-refractivity contribution in [3.05, 3.63) is 58.4 Å². The molecular weight excluding hydrogens is 239 g/mol. The lowest BCUT2D eigenvalue weighted by Gasteiger charge is -2.15. The van der Waals surface area contributed by atoms with Crippen molar-refractivity contribution in [2.45, 2.75) is 40.0 Å². The molecule has 2 heteroatoms. The molecule has 0 aliphatic heterocycles. The summed E-state index contributed by atoms with van der Waals surface area (Å²) in [5.74, 6) is -0.112. The average Bonchev–Trinajstić information content (AvgIpc) is 2.34. The zero-order chi connectivity index (χ0) is 14.4. The van der Waals surface area contributed by atoms with Crippen LogP contribution in [0.3, 0.4) is 0 Å². The van der Waals surface area contributed by atoms with Gasteiger partial charge in [-0.25, -0.2) is 4.39 Å². The highest BCUT2D eigenvalue weighted by Gasteiger charge is 2.11. The van der Waals surface area contributed by atoms with Crippen molar-refractivity contribution >= 4 is 6.29 Å². The molecule has 1 atom stereocenters. The summed E-state index contributed by atoms with van der Waals surface area (Å²) in [7, 11) is 0. The van der Waals surface area contributed by atoms with Crippen LogP contribution in [-0.2, 0) is 4.79 Å². The van der Waals surface area contributed by atoms with Crippen molar-refractivity contribution in [3.63, 3.8) is 0 Å². The lowest BCUT2D eigenvalue weighted by atomic mass is 9.90. The predicted octanol–water partition coefficient (Wildman–Crippen LogP) is 4.72. The van der Waals surface area contributed by atoms with Crippen molar-refractivity contribution < 1.29 is 9.18 Å². The highest BCUT2D eigenvalue weighted by molar-refractivity contribution is 5.72. The van der Waals surface area contributed by atoms with E-state index in [0.29, 0.717) is 5.57 Å². The van der Waals surface area contributed by atoms with Crippen LogP contribution in [0, 0.1) is 12.7 Å². The third-order valence-corrected chi connectivity index (χ3v) is 3.06. The maximum Gasteiger partial charge on any atom is 0.145 e. The molecule has 1 unspecified atom stereocenters. The number of benzene rings is 1. The zero-order valence-corrected chi connectivity index (χ0v) is 12.0. The fourth-order valence-corrected chi connectivity index (χ4v) is 2.06. The molecule has 0 N–H and O–H groups in total. The highest BCUT2D eigenvalue weighted by atomic mass is 19.1.